The highest BCUT2D eigenvalue weighted by atomic mass is 16.6. The Balaban J connectivity index is 1.92. The van der Waals surface area contributed by atoms with Crippen LogP contribution in [0, 0.1) is 17.8 Å². The molecule has 4 heterocycles. The van der Waals surface area contributed by atoms with Crippen LogP contribution < -0.4 is 0 Å². The van der Waals surface area contributed by atoms with Gasteiger partial charge >= 0.3 is 5.97 Å². The molecule has 4 rings (SSSR count). The van der Waals surface area contributed by atoms with Crippen molar-refractivity contribution in [2.75, 3.05) is 19.8 Å². The van der Waals surface area contributed by atoms with Crippen LogP contribution in [-0.2, 0) is 23.9 Å². The normalized spacial score (nSPS) is 38.3. The Kier molecular flexibility index (Phi) is 6.68. The number of hydrogen-bond donors (Lipinski definition) is 1. The fourth-order valence-electron chi connectivity index (χ4n) is 6.23. The largest absolute Gasteiger partial charge is 0.465 e. The Bertz CT molecular complexity index is 900. The van der Waals surface area contributed by atoms with Crippen molar-refractivity contribution in [2.24, 2.45) is 17.8 Å². The number of ether oxygens (including phenoxy) is 2. The summed E-state index contributed by atoms with van der Waals surface area (Å²) in [7, 11) is 0. The molecule has 0 aliphatic carbocycles. The van der Waals surface area contributed by atoms with Gasteiger partial charge in [-0.3, -0.25) is 14.4 Å². The van der Waals surface area contributed by atoms with E-state index in [1.165, 1.54) is 4.90 Å². The maximum atomic E-state index is 14.2. The first kappa shape index (κ1) is 24.9. The average Bonchev–Trinajstić information content (AvgIpc) is 3.13. The molecule has 2 saturated heterocycles. The van der Waals surface area contributed by atoms with Gasteiger partial charge in [-0.2, -0.15) is 0 Å². The van der Waals surface area contributed by atoms with E-state index < -0.39 is 41.1 Å². The fraction of sp³-hybridized carbons (Fsp3) is 0.731. The fourth-order valence-corrected chi connectivity index (χ4v) is 6.23. The van der Waals surface area contributed by atoms with Crippen molar-refractivity contribution in [2.45, 2.75) is 83.2 Å². The first-order chi connectivity index (χ1) is 16.1. The number of rotatable bonds is 5. The summed E-state index contributed by atoms with van der Waals surface area (Å²) in [5, 5.41) is 10.4. The molecule has 2 amide bonds. The number of amides is 2. The second-order valence-electron chi connectivity index (χ2n) is 10.6. The molecule has 0 radical (unpaired) electrons. The summed E-state index contributed by atoms with van der Waals surface area (Å²) in [6.07, 6.45) is 9.71. The third kappa shape index (κ3) is 3.61. The van der Waals surface area contributed by atoms with Crippen LogP contribution >= 0.6 is 0 Å². The highest BCUT2D eigenvalue weighted by Crippen LogP contribution is 2.57. The number of allylic oxidation sites excluding steroid dienone is 1. The number of fused-ring (bicyclic) bond motifs is 2. The molecule has 34 heavy (non-hydrogen) atoms. The first-order valence-electron chi connectivity index (χ1n) is 12.6. The van der Waals surface area contributed by atoms with Crippen molar-refractivity contribution >= 4 is 17.8 Å². The topological polar surface area (TPSA) is 96.4 Å². The van der Waals surface area contributed by atoms with Gasteiger partial charge in [0.05, 0.1) is 30.8 Å². The molecule has 0 aromatic carbocycles. The number of aliphatic hydroxyl groups is 1. The summed E-state index contributed by atoms with van der Waals surface area (Å²) >= 11 is 0. The molecule has 7 atom stereocenters. The average molecular weight is 475 g/mol. The van der Waals surface area contributed by atoms with Gasteiger partial charge in [-0.1, -0.05) is 44.6 Å². The molecule has 0 bridgehead atoms. The van der Waals surface area contributed by atoms with Gasteiger partial charge in [-0.15, -0.1) is 0 Å². The lowest BCUT2D eigenvalue weighted by Gasteiger charge is -2.42. The minimum Gasteiger partial charge on any atom is -0.465 e. The van der Waals surface area contributed by atoms with Gasteiger partial charge in [0, 0.05) is 12.6 Å². The van der Waals surface area contributed by atoms with Gasteiger partial charge in [0.15, 0.2) is 0 Å². The maximum Gasteiger partial charge on any atom is 0.313 e. The Morgan fingerprint density at radius 1 is 1.12 bits per heavy atom. The summed E-state index contributed by atoms with van der Waals surface area (Å²) in [6.45, 7) is 10.0. The van der Waals surface area contributed by atoms with E-state index in [4.69, 9.17) is 9.47 Å². The number of nitrogens with zero attached hydrogens (tertiary/aromatic N) is 2. The van der Waals surface area contributed by atoms with Crippen LogP contribution in [0.15, 0.2) is 24.3 Å². The van der Waals surface area contributed by atoms with Crippen LogP contribution in [0.3, 0.4) is 0 Å². The summed E-state index contributed by atoms with van der Waals surface area (Å²) in [4.78, 5) is 44.9. The number of carbonyl (C=O) groups excluding carboxylic acids is 3. The maximum absolute atomic E-state index is 14.2. The minimum atomic E-state index is -1.32. The molecule has 2 fully saturated rings. The van der Waals surface area contributed by atoms with E-state index in [-0.39, 0.29) is 37.0 Å². The molecule has 4 aliphatic heterocycles. The summed E-state index contributed by atoms with van der Waals surface area (Å²) in [5.41, 5.74) is -2.41. The lowest BCUT2D eigenvalue weighted by atomic mass is 9.74. The van der Waals surface area contributed by atoms with Crippen molar-refractivity contribution in [1.82, 2.24) is 9.80 Å². The molecule has 4 aliphatic rings. The summed E-state index contributed by atoms with van der Waals surface area (Å²) in [5.74, 6) is -2.86. The number of hydrogen-bond acceptors (Lipinski definition) is 6. The lowest BCUT2D eigenvalue weighted by Crippen LogP contribution is -2.60. The van der Waals surface area contributed by atoms with Crippen LogP contribution in [0.2, 0.25) is 0 Å². The molecule has 1 N–H and O–H groups in total. The second kappa shape index (κ2) is 9.11. The van der Waals surface area contributed by atoms with Crippen LogP contribution in [0.25, 0.3) is 0 Å². The molecule has 1 spiro atoms. The highest BCUT2D eigenvalue weighted by Gasteiger charge is 2.75. The van der Waals surface area contributed by atoms with E-state index in [0.717, 1.165) is 12.8 Å². The monoisotopic (exact) mass is 474 g/mol. The molecular formula is C26H38N2O6. The highest BCUT2D eigenvalue weighted by molar-refractivity contribution is 5.99. The van der Waals surface area contributed by atoms with Crippen molar-refractivity contribution in [3.05, 3.63) is 24.3 Å². The van der Waals surface area contributed by atoms with Crippen molar-refractivity contribution in [1.29, 1.82) is 0 Å². The Labute approximate surface area is 201 Å². The third-order valence-electron chi connectivity index (χ3n) is 8.19. The standard InChI is InChI=1S/C26H38N2O6/c1-6-17(4)18(15-29)28-21-23(31)27(16(2)3)13-10-12-26(21)19(22(28)30)20-24(32)33-14-9-7-8-11-25(20,5)34-26/h8,10-12,16-21,29H,6-7,9,13-15H2,1-5H3/b11-8-/t17-,18-,19-,20-,21?,25+,26-/m0/s1. The van der Waals surface area contributed by atoms with E-state index in [9.17, 15) is 19.5 Å². The Morgan fingerprint density at radius 2 is 1.85 bits per heavy atom. The van der Waals surface area contributed by atoms with E-state index in [1.807, 2.05) is 58.9 Å². The third-order valence-corrected chi connectivity index (χ3v) is 8.19. The van der Waals surface area contributed by atoms with Crippen molar-refractivity contribution in [3.63, 3.8) is 0 Å². The molecular weight excluding hydrogens is 436 g/mol. The van der Waals surface area contributed by atoms with Gasteiger partial charge in [-0.05, 0) is 39.5 Å². The number of cyclic esters (lactones) is 1. The van der Waals surface area contributed by atoms with E-state index in [2.05, 4.69) is 0 Å². The van der Waals surface area contributed by atoms with Gasteiger partial charge in [-0.25, -0.2) is 0 Å². The van der Waals surface area contributed by atoms with Crippen LogP contribution in [0.5, 0.6) is 0 Å². The number of likely N-dealkylation sites (tertiary alicyclic amines) is 1. The first-order valence-corrected chi connectivity index (χ1v) is 12.6. The summed E-state index contributed by atoms with van der Waals surface area (Å²) in [6, 6.07) is -1.61. The van der Waals surface area contributed by atoms with E-state index in [0.29, 0.717) is 13.0 Å². The minimum absolute atomic E-state index is 0.0453. The van der Waals surface area contributed by atoms with Gasteiger partial charge in [0.1, 0.15) is 17.6 Å². The Morgan fingerprint density at radius 3 is 2.50 bits per heavy atom. The van der Waals surface area contributed by atoms with E-state index in [1.54, 1.807) is 4.90 Å². The molecule has 188 valence electrons. The molecule has 0 aromatic heterocycles. The predicted molar refractivity (Wildman–Crippen MR) is 125 cm³/mol. The Hall–Kier alpha value is -2.19. The second-order valence-corrected chi connectivity index (χ2v) is 10.6. The van der Waals surface area contributed by atoms with Crippen LogP contribution in [0.1, 0.15) is 53.9 Å². The van der Waals surface area contributed by atoms with Gasteiger partial charge in [0.25, 0.3) is 0 Å². The smallest absolute Gasteiger partial charge is 0.313 e. The molecule has 8 heteroatoms. The molecule has 0 aromatic rings. The van der Waals surface area contributed by atoms with Crippen molar-refractivity contribution < 1.29 is 29.0 Å². The molecule has 8 nitrogen and oxygen atoms in total. The number of esters is 1. The predicted octanol–water partition coefficient (Wildman–Crippen LogP) is 2.06. The van der Waals surface area contributed by atoms with Crippen LogP contribution in [0.4, 0.5) is 0 Å². The van der Waals surface area contributed by atoms with Crippen molar-refractivity contribution in [3.8, 4) is 0 Å². The molecule has 1 unspecified atom stereocenters. The zero-order valence-corrected chi connectivity index (χ0v) is 20.9. The number of carbonyl (C=O) groups is 3. The summed E-state index contributed by atoms with van der Waals surface area (Å²) < 4.78 is 12.3. The number of aliphatic hydroxyl groups excluding tert-OH is 1. The lowest BCUT2D eigenvalue weighted by molar-refractivity contribution is -0.162. The van der Waals surface area contributed by atoms with Crippen LogP contribution in [-0.4, -0.2) is 81.8 Å². The SMILES string of the molecule is CC[C@H](C)[C@H](CO)N1C(=O)[C@@H]2[C@H]3C(=O)OCCC/C=C\[C@@]3(C)O[C@@]23C=CCN(C(C)C)C(=O)C13. The van der Waals surface area contributed by atoms with Gasteiger partial charge in [0.2, 0.25) is 11.8 Å². The quantitative estimate of drug-likeness (QED) is 0.484. The zero-order chi connectivity index (χ0) is 24.8. The zero-order valence-electron chi connectivity index (χ0n) is 20.9. The molecule has 0 saturated carbocycles. The van der Waals surface area contributed by atoms with Gasteiger partial charge < -0.3 is 24.4 Å². The van der Waals surface area contributed by atoms with E-state index >= 15 is 0 Å².